The highest BCUT2D eigenvalue weighted by Crippen LogP contribution is 2.40. The van der Waals surface area contributed by atoms with E-state index in [0.717, 1.165) is 20.8 Å². The fraction of sp³-hybridized carbons (Fsp3) is 0.879. The van der Waals surface area contributed by atoms with Gasteiger partial charge in [0.1, 0.15) is 91.4 Å². The highest BCUT2D eigenvalue weighted by atomic mass is 16.8. The minimum atomic E-state index is -3.24. The number of carboxylic acids is 1. The molecule has 27 nitrogen and oxygen atoms in total. The number of carbonyl (C=O) groups excluding carboxylic acids is 3. The Morgan fingerprint density at radius 3 is 1.70 bits per heavy atom. The average Bonchev–Trinajstić information content (AvgIpc) is 3.18. The van der Waals surface area contributed by atoms with Crippen LogP contribution in [0.15, 0.2) is 0 Å². The normalized spacial score (nSPS) is 43.3. The number of aliphatic hydroxyl groups excluding tert-OH is 12. The minimum absolute atomic E-state index is 0.751. The molecule has 4 rings (SSSR count). The number of ether oxygens (including phenoxy) is 7. The molecular formula is C33H55N3O24. The molecule has 0 bridgehead atoms. The first-order valence-corrected chi connectivity index (χ1v) is 18.7. The van der Waals surface area contributed by atoms with Gasteiger partial charge in [-0.3, -0.25) is 14.4 Å². The third-order valence-electron chi connectivity index (χ3n) is 10.4. The van der Waals surface area contributed by atoms with Crippen molar-refractivity contribution in [3.8, 4) is 0 Å². The second kappa shape index (κ2) is 21.0. The summed E-state index contributed by atoms with van der Waals surface area (Å²) >= 11 is 0. The predicted molar refractivity (Wildman–Crippen MR) is 186 cm³/mol. The molecule has 0 spiro atoms. The van der Waals surface area contributed by atoms with E-state index in [1.807, 2.05) is 0 Å². The van der Waals surface area contributed by atoms with Crippen LogP contribution in [0.25, 0.3) is 0 Å². The van der Waals surface area contributed by atoms with Gasteiger partial charge in [0.05, 0.1) is 38.6 Å². The lowest BCUT2D eigenvalue weighted by molar-refractivity contribution is -0.398. The van der Waals surface area contributed by atoms with Gasteiger partial charge in [-0.1, -0.05) is 0 Å². The summed E-state index contributed by atoms with van der Waals surface area (Å²) in [7, 11) is 0. The van der Waals surface area contributed by atoms with Gasteiger partial charge in [0.15, 0.2) is 18.9 Å². The largest absolute Gasteiger partial charge is 0.477 e. The summed E-state index contributed by atoms with van der Waals surface area (Å²) < 4.78 is 40.3. The summed E-state index contributed by atoms with van der Waals surface area (Å²) in [5.74, 6) is -7.70. The summed E-state index contributed by atoms with van der Waals surface area (Å²) in [5.41, 5.74) is 0. The Bertz CT molecular complexity index is 1470. The molecule has 27 heteroatoms. The Morgan fingerprint density at radius 1 is 0.650 bits per heavy atom. The first kappa shape index (κ1) is 49.8. The van der Waals surface area contributed by atoms with E-state index in [0.29, 0.717) is 0 Å². The minimum Gasteiger partial charge on any atom is -0.477 e. The van der Waals surface area contributed by atoms with Crippen LogP contribution in [-0.2, 0) is 52.3 Å². The standard InChI is InChI=1S/C33H55N3O24/c1-9(41)34-17-12(44)4-33(32(52)53,59-27(17)20(46)13(45)5-37)60-28-24(50)31(57-25-15(7-39)54-29(51)18(23(25)49)35-10(2)42)56-16(8-40)26(28)58-30-19(36-11(3)43)22(48)21(47)14(6-38)55-30/h12-31,37-40,44-51H,4-8H2,1-3H3,(H,34,41)(H,35,42)(H,36,43)(H,52,53)/t12-,13+,14+,15+,16+,17+,18+,19+,20+,21-,22+,23+,24+,25+,26-,27+,28+,29?,30-,31-,33-/m0/s1. The molecule has 4 aliphatic heterocycles. The number of hydrogen-bond donors (Lipinski definition) is 16. The van der Waals surface area contributed by atoms with E-state index in [1.165, 1.54) is 0 Å². The van der Waals surface area contributed by atoms with Crippen molar-refractivity contribution in [3.05, 3.63) is 0 Å². The molecule has 0 aromatic carbocycles. The average molecular weight is 878 g/mol. The number of carboxylic acid groups (broad SMARTS) is 1. The van der Waals surface area contributed by atoms with Crippen LogP contribution in [0.4, 0.5) is 0 Å². The van der Waals surface area contributed by atoms with Crippen molar-refractivity contribution in [1.29, 1.82) is 0 Å². The molecule has 4 saturated heterocycles. The van der Waals surface area contributed by atoms with Crippen molar-refractivity contribution in [2.75, 3.05) is 26.4 Å². The van der Waals surface area contributed by atoms with Gasteiger partial charge in [-0.2, -0.15) is 0 Å². The lowest BCUT2D eigenvalue weighted by Crippen LogP contribution is -2.72. The first-order chi connectivity index (χ1) is 28.1. The van der Waals surface area contributed by atoms with E-state index in [9.17, 15) is 85.6 Å². The smallest absolute Gasteiger partial charge is 0.364 e. The highest BCUT2D eigenvalue weighted by molar-refractivity contribution is 5.77. The quantitative estimate of drug-likeness (QED) is 0.0684. The maximum Gasteiger partial charge on any atom is 0.364 e. The molecule has 0 aromatic heterocycles. The lowest BCUT2D eigenvalue weighted by Gasteiger charge is -2.52. The Kier molecular flexibility index (Phi) is 17.4. The summed E-state index contributed by atoms with van der Waals surface area (Å²) in [5, 5.41) is 145. The van der Waals surface area contributed by atoms with E-state index < -0.39 is 185 Å². The number of aliphatic carboxylic acids is 1. The van der Waals surface area contributed by atoms with Crippen molar-refractivity contribution in [2.24, 2.45) is 0 Å². The van der Waals surface area contributed by atoms with Crippen molar-refractivity contribution in [3.63, 3.8) is 0 Å². The van der Waals surface area contributed by atoms with Gasteiger partial charge >= 0.3 is 5.97 Å². The Balaban J connectivity index is 1.83. The van der Waals surface area contributed by atoms with E-state index in [4.69, 9.17) is 33.2 Å². The zero-order valence-electron chi connectivity index (χ0n) is 32.4. The van der Waals surface area contributed by atoms with Crippen LogP contribution < -0.4 is 16.0 Å². The molecule has 0 radical (unpaired) electrons. The monoisotopic (exact) mass is 877 g/mol. The molecule has 0 aromatic rings. The molecule has 1 unspecified atom stereocenters. The molecule has 4 fully saturated rings. The summed E-state index contributed by atoms with van der Waals surface area (Å²) in [6, 6.07) is -4.97. The van der Waals surface area contributed by atoms with Crippen LogP contribution in [-0.4, -0.2) is 245 Å². The SMILES string of the molecule is CC(=O)N[C@H]1[C@H](O[C@@H]2[C@H](O[C@]3(C(=O)O)C[C@H](O)[C@@H](NC(C)=O)[C@H]([C@H](O)[C@H](O)CO)O3)[C@@H](O)[C@H](O[C@H]3[C@H](O)[C@@H](NC(C)=O)C(O)O[C@@H]3CO)O[C@@H]2CO)O[C@H](CO)[C@H](O)[C@@H]1O. The summed E-state index contributed by atoms with van der Waals surface area (Å²) in [4.78, 5) is 49.3. The Morgan fingerprint density at radius 2 is 1.17 bits per heavy atom. The zero-order chi connectivity index (χ0) is 45.0. The third kappa shape index (κ3) is 10.8. The molecule has 16 N–H and O–H groups in total. The van der Waals surface area contributed by atoms with Crippen LogP contribution in [0, 0.1) is 0 Å². The summed E-state index contributed by atoms with van der Waals surface area (Å²) in [6.07, 6.45) is -34.9. The van der Waals surface area contributed by atoms with Gasteiger partial charge in [-0.15, -0.1) is 0 Å². The van der Waals surface area contributed by atoms with Crippen LogP contribution >= 0.6 is 0 Å². The second-order valence-electron chi connectivity index (χ2n) is 14.8. The van der Waals surface area contributed by atoms with Crippen molar-refractivity contribution in [2.45, 2.75) is 155 Å². The molecular weight excluding hydrogens is 822 g/mol. The first-order valence-electron chi connectivity index (χ1n) is 18.7. The molecule has 0 aliphatic carbocycles. The number of amides is 3. The Hall–Kier alpha value is -2.88. The topological polar surface area (TPSA) is 432 Å². The highest BCUT2D eigenvalue weighted by Gasteiger charge is 2.61. The molecule has 4 aliphatic rings. The fourth-order valence-electron chi connectivity index (χ4n) is 7.46. The lowest BCUT2D eigenvalue weighted by atomic mass is 9.88. The second-order valence-corrected chi connectivity index (χ2v) is 14.8. The molecule has 60 heavy (non-hydrogen) atoms. The van der Waals surface area contributed by atoms with Crippen molar-refractivity contribution in [1.82, 2.24) is 16.0 Å². The summed E-state index contributed by atoms with van der Waals surface area (Å²) in [6.45, 7) is -1.11. The van der Waals surface area contributed by atoms with Gasteiger partial charge in [0.25, 0.3) is 5.79 Å². The van der Waals surface area contributed by atoms with Crippen LogP contribution in [0.1, 0.15) is 27.2 Å². The number of rotatable bonds is 16. The molecule has 4 heterocycles. The zero-order valence-corrected chi connectivity index (χ0v) is 32.4. The Labute approximate surface area is 340 Å². The van der Waals surface area contributed by atoms with Gasteiger partial charge < -0.3 is 115 Å². The van der Waals surface area contributed by atoms with Crippen LogP contribution in [0.3, 0.4) is 0 Å². The van der Waals surface area contributed by atoms with E-state index in [-0.39, 0.29) is 0 Å². The number of aliphatic hydroxyl groups is 12. The van der Waals surface area contributed by atoms with Crippen LogP contribution in [0.2, 0.25) is 0 Å². The van der Waals surface area contributed by atoms with E-state index >= 15 is 0 Å². The number of nitrogens with one attached hydrogen (secondary N) is 3. The number of hydrogen-bond acceptors (Lipinski definition) is 23. The maximum absolute atomic E-state index is 13.2. The van der Waals surface area contributed by atoms with Crippen molar-refractivity contribution >= 4 is 23.7 Å². The van der Waals surface area contributed by atoms with E-state index in [1.54, 1.807) is 0 Å². The fourth-order valence-corrected chi connectivity index (χ4v) is 7.46. The molecule has 3 amide bonds. The van der Waals surface area contributed by atoms with Crippen molar-refractivity contribution < 1.29 is 119 Å². The van der Waals surface area contributed by atoms with Gasteiger partial charge in [-0.25, -0.2) is 4.79 Å². The maximum atomic E-state index is 13.2. The number of carbonyl (C=O) groups is 4. The molecule has 0 saturated carbocycles. The van der Waals surface area contributed by atoms with E-state index in [2.05, 4.69) is 16.0 Å². The third-order valence-corrected chi connectivity index (χ3v) is 10.4. The molecule has 21 atom stereocenters. The van der Waals surface area contributed by atoms with Gasteiger partial charge in [0.2, 0.25) is 17.7 Å². The predicted octanol–water partition coefficient (Wildman–Crippen LogP) is -10.1. The van der Waals surface area contributed by atoms with Gasteiger partial charge in [0, 0.05) is 27.2 Å². The van der Waals surface area contributed by atoms with Crippen LogP contribution in [0.5, 0.6) is 0 Å². The molecule has 346 valence electrons. The van der Waals surface area contributed by atoms with Gasteiger partial charge in [-0.05, 0) is 0 Å².